The van der Waals surface area contributed by atoms with Crippen LogP contribution in [0.4, 0.5) is 0 Å². The first-order chi connectivity index (χ1) is 5.26. The van der Waals surface area contributed by atoms with Crippen molar-refractivity contribution >= 4 is 12.4 Å². The van der Waals surface area contributed by atoms with Crippen LogP contribution in [0.3, 0.4) is 0 Å². The Morgan fingerprint density at radius 2 is 1.67 bits per heavy atom. The molecule has 1 unspecified atom stereocenters. The highest BCUT2D eigenvalue weighted by Crippen LogP contribution is 2.15. The smallest absolute Gasteiger partial charge is 0.00704 e. The first-order valence-corrected chi connectivity index (χ1v) is 4.23. The molecule has 0 saturated carbocycles. The van der Waals surface area contributed by atoms with E-state index in [0.717, 1.165) is 19.3 Å². The Kier molecular flexibility index (Phi) is 10.5. The van der Waals surface area contributed by atoms with Crippen molar-refractivity contribution in [3.8, 4) is 0 Å². The van der Waals surface area contributed by atoms with Crippen molar-refractivity contribution in [1.29, 1.82) is 0 Å². The number of hydrogen-bond donors (Lipinski definition) is 1. The summed E-state index contributed by atoms with van der Waals surface area (Å²) in [6.07, 6.45) is 6.90. The minimum atomic E-state index is 0. The fraction of sp³-hybridized carbons (Fsp3) is 0.600. The van der Waals surface area contributed by atoms with Crippen molar-refractivity contribution in [2.75, 3.05) is 0 Å². The van der Waals surface area contributed by atoms with Gasteiger partial charge in [0.2, 0.25) is 0 Å². The maximum atomic E-state index is 5.89. The van der Waals surface area contributed by atoms with Gasteiger partial charge in [0.15, 0.2) is 0 Å². The first-order valence-electron chi connectivity index (χ1n) is 4.23. The topological polar surface area (TPSA) is 26.0 Å². The van der Waals surface area contributed by atoms with Crippen LogP contribution in [0.2, 0.25) is 0 Å². The molecule has 0 aromatic heterocycles. The lowest BCUT2D eigenvalue weighted by Gasteiger charge is -2.19. The summed E-state index contributed by atoms with van der Waals surface area (Å²) in [6, 6.07) is 0.297. The average molecular weight is 190 g/mol. The fourth-order valence-electron chi connectivity index (χ4n) is 1.21. The van der Waals surface area contributed by atoms with Crippen LogP contribution in [0.1, 0.15) is 26.2 Å². The quantitative estimate of drug-likeness (QED) is 0.639. The monoisotopic (exact) mass is 189 g/mol. The fourth-order valence-corrected chi connectivity index (χ4v) is 1.21. The first kappa shape index (κ1) is 14.3. The Bertz CT molecular complexity index is 113. The van der Waals surface area contributed by atoms with Gasteiger partial charge in [-0.3, -0.25) is 0 Å². The normalized spacial score (nSPS) is 11.9. The van der Waals surface area contributed by atoms with Crippen LogP contribution in [0.15, 0.2) is 25.3 Å². The summed E-state index contributed by atoms with van der Waals surface area (Å²) in [6.45, 7) is 9.53. The van der Waals surface area contributed by atoms with Crippen molar-refractivity contribution in [3.05, 3.63) is 25.3 Å². The van der Waals surface area contributed by atoms with E-state index in [-0.39, 0.29) is 12.4 Å². The molecule has 0 bridgehead atoms. The van der Waals surface area contributed by atoms with Crippen LogP contribution in [0.5, 0.6) is 0 Å². The highest BCUT2D eigenvalue weighted by Gasteiger charge is 2.12. The van der Waals surface area contributed by atoms with E-state index in [9.17, 15) is 0 Å². The molecule has 0 heterocycles. The number of rotatable bonds is 6. The maximum Gasteiger partial charge on any atom is 0.00704 e. The molecular weight excluding hydrogens is 170 g/mol. The molecule has 0 aliphatic heterocycles. The van der Waals surface area contributed by atoms with E-state index in [1.807, 2.05) is 12.2 Å². The SMILES string of the molecule is C=CCC(CC=C)C(N)CC.Cl. The number of halogens is 1. The molecule has 0 rings (SSSR count). The minimum Gasteiger partial charge on any atom is -0.327 e. The van der Waals surface area contributed by atoms with Crippen molar-refractivity contribution in [2.45, 2.75) is 32.2 Å². The molecule has 0 aromatic carbocycles. The molecule has 1 nitrogen and oxygen atoms in total. The van der Waals surface area contributed by atoms with Gasteiger partial charge in [-0.2, -0.15) is 0 Å². The summed E-state index contributed by atoms with van der Waals surface area (Å²) in [5.41, 5.74) is 5.89. The highest BCUT2D eigenvalue weighted by molar-refractivity contribution is 5.85. The van der Waals surface area contributed by atoms with Gasteiger partial charge in [0.1, 0.15) is 0 Å². The van der Waals surface area contributed by atoms with Gasteiger partial charge in [0.05, 0.1) is 0 Å². The zero-order valence-electron chi connectivity index (χ0n) is 7.83. The van der Waals surface area contributed by atoms with E-state index >= 15 is 0 Å². The molecule has 72 valence electrons. The molecule has 0 spiro atoms. The van der Waals surface area contributed by atoms with E-state index in [4.69, 9.17) is 5.73 Å². The Morgan fingerprint density at radius 3 is 1.92 bits per heavy atom. The van der Waals surface area contributed by atoms with Crippen molar-refractivity contribution in [2.24, 2.45) is 11.7 Å². The van der Waals surface area contributed by atoms with Crippen LogP contribution in [0.25, 0.3) is 0 Å². The predicted molar refractivity (Wildman–Crippen MR) is 58.6 cm³/mol. The molecular formula is C10H20ClN. The van der Waals surface area contributed by atoms with Crippen molar-refractivity contribution < 1.29 is 0 Å². The Morgan fingerprint density at radius 1 is 1.25 bits per heavy atom. The summed E-state index contributed by atoms with van der Waals surface area (Å²) < 4.78 is 0. The predicted octanol–water partition coefficient (Wildman–Crippen LogP) is 2.91. The van der Waals surface area contributed by atoms with E-state index in [1.54, 1.807) is 0 Å². The molecule has 0 amide bonds. The third kappa shape index (κ3) is 5.39. The lowest BCUT2D eigenvalue weighted by molar-refractivity contribution is 0.418. The zero-order chi connectivity index (χ0) is 8.69. The molecule has 12 heavy (non-hydrogen) atoms. The van der Waals surface area contributed by atoms with Gasteiger partial charge in [-0.05, 0) is 25.2 Å². The van der Waals surface area contributed by atoms with Gasteiger partial charge in [0.25, 0.3) is 0 Å². The van der Waals surface area contributed by atoms with Crippen LogP contribution >= 0.6 is 12.4 Å². The van der Waals surface area contributed by atoms with E-state index in [1.165, 1.54) is 0 Å². The van der Waals surface area contributed by atoms with Gasteiger partial charge in [-0.25, -0.2) is 0 Å². The van der Waals surface area contributed by atoms with Gasteiger partial charge in [-0.1, -0.05) is 19.1 Å². The van der Waals surface area contributed by atoms with E-state index in [2.05, 4.69) is 20.1 Å². The van der Waals surface area contributed by atoms with Crippen LogP contribution in [-0.4, -0.2) is 6.04 Å². The average Bonchev–Trinajstić information content (AvgIpc) is 2.03. The molecule has 1 atom stereocenters. The van der Waals surface area contributed by atoms with Gasteiger partial charge >= 0.3 is 0 Å². The molecule has 0 aromatic rings. The van der Waals surface area contributed by atoms with Gasteiger partial charge in [0, 0.05) is 6.04 Å². The molecule has 0 radical (unpaired) electrons. The van der Waals surface area contributed by atoms with Crippen molar-refractivity contribution in [3.63, 3.8) is 0 Å². The number of allylic oxidation sites excluding steroid dienone is 2. The molecule has 0 fully saturated rings. The molecule has 0 saturated heterocycles. The Hall–Kier alpha value is -0.270. The highest BCUT2D eigenvalue weighted by atomic mass is 35.5. The van der Waals surface area contributed by atoms with E-state index in [0.29, 0.717) is 12.0 Å². The summed E-state index contributed by atoms with van der Waals surface area (Å²) in [4.78, 5) is 0. The van der Waals surface area contributed by atoms with Crippen LogP contribution in [0, 0.1) is 5.92 Å². The van der Waals surface area contributed by atoms with Gasteiger partial charge < -0.3 is 5.73 Å². The zero-order valence-corrected chi connectivity index (χ0v) is 8.65. The summed E-state index contributed by atoms with van der Waals surface area (Å²) >= 11 is 0. The number of nitrogens with two attached hydrogens (primary N) is 1. The van der Waals surface area contributed by atoms with Gasteiger partial charge in [-0.15, -0.1) is 25.6 Å². The van der Waals surface area contributed by atoms with Crippen LogP contribution < -0.4 is 5.73 Å². The Labute approximate surface area is 82.1 Å². The second-order valence-electron chi connectivity index (χ2n) is 2.88. The lowest BCUT2D eigenvalue weighted by atomic mass is 9.92. The number of hydrogen-bond acceptors (Lipinski definition) is 1. The van der Waals surface area contributed by atoms with E-state index < -0.39 is 0 Å². The second kappa shape index (κ2) is 8.82. The summed E-state index contributed by atoms with van der Waals surface area (Å²) in [5.74, 6) is 0.537. The summed E-state index contributed by atoms with van der Waals surface area (Å²) in [5, 5.41) is 0. The van der Waals surface area contributed by atoms with Crippen molar-refractivity contribution in [1.82, 2.24) is 0 Å². The summed E-state index contributed by atoms with van der Waals surface area (Å²) in [7, 11) is 0. The third-order valence-corrected chi connectivity index (χ3v) is 2.02. The molecule has 2 N–H and O–H groups in total. The second-order valence-corrected chi connectivity index (χ2v) is 2.88. The third-order valence-electron chi connectivity index (χ3n) is 2.02. The minimum absolute atomic E-state index is 0. The molecule has 0 aliphatic rings. The Balaban J connectivity index is 0. The standard InChI is InChI=1S/C10H19N.ClH/c1-4-7-9(8-5-2)10(11)6-3;/h4-5,9-10H,1-2,6-8,11H2,3H3;1H. The maximum absolute atomic E-state index is 5.89. The molecule has 0 aliphatic carbocycles. The van der Waals surface area contributed by atoms with Crippen LogP contribution in [-0.2, 0) is 0 Å². The molecule has 2 heteroatoms. The lowest BCUT2D eigenvalue weighted by Crippen LogP contribution is -2.28. The largest absolute Gasteiger partial charge is 0.327 e.